The lowest BCUT2D eigenvalue weighted by molar-refractivity contribution is 0.0433. The second kappa shape index (κ2) is 3.53. The van der Waals surface area contributed by atoms with E-state index in [1.54, 1.807) is 24.1 Å². The maximum atomic E-state index is 11.8. The van der Waals surface area contributed by atoms with Gasteiger partial charge in [0.15, 0.2) is 5.78 Å². The maximum Gasteiger partial charge on any atom is 0.194 e. The number of Topliss-reactive ketones (excluding diaryl/α,β-unsaturated/α-hetero) is 1. The average molecular weight is 194 g/mol. The minimum absolute atomic E-state index is 0.0578. The van der Waals surface area contributed by atoms with Gasteiger partial charge in [-0.3, -0.25) is 9.48 Å². The molecule has 2 atom stereocenters. The predicted octanol–water partition coefficient (Wildman–Crippen LogP) is 1.17. The summed E-state index contributed by atoms with van der Waals surface area (Å²) in [4.78, 5) is 11.8. The summed E-state index contributed by atoms with van der Waals surface area (Å²) < 4.78 is 7.13. The zero-order chi connectivity index (χ0) is 10.1. The fourth-order valence-corrected chi connectivity index (χ4v) is 1.73. The van der Waals surface area contributed by atoms with Gasteiger partial charge in [0, 0.05) is 13.2 Å². The predicted molar refractivity (Wildman–Crippen MR) is 51.1 cm³/mol. The van der Waals surface area contributed by atoms with Gasteiger partial charge in [0.1, 0.15) is 6.10 Å². The zero-order valence-corrected chi connectivity index (χ0v) is 8.43. The molecule has 0 saturated carbocycles. The Labute approximate surface area is 82.9 Å². The third kappa shape index (κ3) is 1.70. The van der Waals surface area contributed by atoms with Crippen LogP contribution in [0.3, 0.4) is 0 Å². The molecule has 0 amide bonds. The molecule has 0 N–H and O–H groups in total. The van der Waals surface area contributed by atoms with Crippen molar-refractivity contribution in [1.82, 2.24) is 9.78 Å². The van der Waals surface area contributed by atoms with Crippen LogP contribution >= 0.6 is 0 Å². The molecule has 1 fully saturated rings. The Morgan fingerprint density at radius 3 is 2.93 bits per heavy atom. The van der Waals surface area contributed by atoms with Crippen LogP contribution in [0.2, 0.25) is 0 Å². The summed E-state index contributed by atoms with van der Waals surface area (Å²) >= 11 is 0. The molecule has 0 spiro atoms. The Bertz CT molecular complexity index is 346. The lowest BCUT2D eigenvalue weighted by atomic mass is 10.1. The molecule has 1 saturated heterocycles. The van der Waals surface area contributed by atoms with Gasteiger partial charge in [-0.1, -0.05) is 0 Å². The first-order chi connectivity index (χ1) is 6.66. The lowest BCUT2D eigenvalue weighted by Crippen LogP contribution is -2.20. The average Bonchev–Trinajstić information content (AvgIpc) is 2.73. The molecule has 1 aliphatic heterocycles. The highest BCUT2D eigenvalue weighted by Crippen LogP contribution is 2.22. The normalized spacial score (nSPS) is 26.7. The summed E-state index contributed by atoms with van der Waals surface area (Å²) in [6, 6.07) is 0. The van der Waals surface area contributed by atoms with E-state index in [0.717, 1.165) is 12.8 Å². The van der Waals surface area contributed by atoms with E-state index in [0.29, 0.717) is 5.56 Å². The summed E-state index contributed by atoms with van der Waals surface area (Å²) in [5, 5.41) is 3.97. The largest absolute Gasteiger partial charge is 0.367 e. The van der Waals surface area contributed by atoms with Crippen LogP contribution in [0.1, 0.15) is 30.1 Å². The molecule has 14 heavy (non-hydrogen) atoms. The molecular formula is C10H14N2O2. The van der Waals surface area contributed by atoms with Gasteiger partial charge in [-0.25, -0.2) is 0 Å². The van der Waals surface area contributed by atoms with E-state index in [-0.39, 0.29) is 18.0 Å². The Morgan fingerprint density at radius 2 is 2.43 bits per heavy atom. The molecule has 0 radical (unpaired) electrons. The van der Waals surface area contributed by atoms with E-state index in [1.807, 2.05) is 6.92 Å². The number of hydrogen-bond donors (Lipinski definition) is 0. The van der Waals surface area contributed by atoms with E-state index < -0.39 is 0 Å². The molecule has 1 aromatic heterocycles. The first kappa shape index (κ1) is 9.40. The molecule has 0 aliphatic carbocycles. The standard InChI is InChI=1S/C10H14N2O2/c1-7-3-4-9(14-7)10(13)8-5-11-12(2)6-8/h5-7,9H,3-4H2,1-2H3. The number of hydrogen-bond acceptors (Lipinski definition) is 3. The highest BCUT2D eigenvalue weighted by Gasteiger charge is 2.29. The molecule has 0 bridgehead atoms. The van der Waals surface area contributed by atoms with E-state index in [9.17, 15) is 4.79 Å². The van der Waals surface area contributed by atoms with Crippen LogP contribution in [0.15, 0.2) is 12.4 Å². The Balaban J connectivity index is 2.09. The molecule has 1 aliphatic rings. The van der Waals surface area contributed by atoms with Crippen LogP contribution in [-0.4, -0.2) is 27.8 Å². The Kier molecular flexibility index (Phi) is 2.37. The molecule has 76 valence electrons. The number of aryl methyl sites for hydroxylation is 1. The van der Waals surface area contributed by atoms with Crippen molar-refractivity contribution < 1.29 is 9.53 Å². The van der Waals surface area contributed by atoms with Crippen molar-refractivity contribution in [3.05, 3.63) is 18.0 Å². The molecule has 2 heterocycles. The van der Waals surface area contributed by atoms with Gasteiger partial charge in [-0.2, -0.15) is 5.10 Å². The van der Waals surface area contributed by atoms with Gasteiger partial charge < -0.3 is 4.74 Å². The second-order valence-electron chi connectivity index (χ2n) is 3.78. The fourth-order valence-electron chi connectivity index (χ4n) is 1.73. The number of ketones is 1. The van der Waals surface area contributed by atoms with E-state index in [1.165, 1.54) is 0 Å². The van der Waals surface area contributed by atoms with Crippen LogP contribution < -0.4 is 0 Å². The van der Waals surface area contributed by atoms with Gasteiger partial charge in [0.2, 0.25) is 0 Å². The molecule has 4 nitrogen and oxygen atoms in total. The quantitative estimate of drug-likeness (QED) is 0.664. The number of carbonyl (C=O) groups excluding carboxylic acids is 1. The minimum Gasteiger partial charge on any atom is -0.367 e. The van der Waals surface area contributed by atoms with Crippen molar-refractivity contribution in [2.75, 3.05) is 0 Å². The number of rotatable bonds is 2. The summed E-state index contributed by atoms with van der Waals surface area (Å²) in [5.41, 5.74) is 0.645. The molecule has 1 aromatic rings. The second-order valence-corrected chi connectivity index (χ2v) is 3.78. The van der Waals surface area contributed by atoms with Crippen molar-refractivity contribution in [2.24, 2.45) is 7.05 Å². The van der Waals surface area contributed by atoms with Crippen molar-refractivity contribution >= 4 is 5.78 Å². The molecule has 2 unspecified atom stereocenters. The number of carbonyl (C=O) groups is 1. The summed E-state index contributed by atoms with van der Waals surface area (Å²) in [6.45, 7) is 2.00. The molecular weight excluding hydrogens is 180 g/mol. The minimum atomic E-state index is -0.255. The van der Waals surface area contributed by atoms with Crippen LogP contribution in [0, 0.1) is 0 Å². The SMILES string of the molecule is CC1CCC(C(=O)c2cnn(C)c2)O1. The van der Waals surface area contributed by atoms with E-state index >= 15 is 0 Å². The van der Waals surface area contributed by atoms with E-state index in [4.69, 9.17) is 4.74 Å². The van der Waals surface area contributed by atoms with E-state index in [2.05, 4.69) is 5.10 Å². The van der Waals surface area contributed by atoms with Crippen LogP contribution in [0.4, 0.5) is 0 Å². The van der Waals surface area contributed by atoms with Gasteiger partial charge >= 0.3 is 0 Å². The van der Waals surface area contributed by atoms with Crippen molar-refractivity contribution in [2.45, 2.75) is 32.0 Å². The third-order valence-electron chi connectivity index (χ3n) is 2.51. The van der Waals surface area contributed by atoms with Crippen LogP contribution in [0.25, 0.3) is 0 Å². The lowest BCUT2D eigenvalue weighted by Gasteiger charge is -2.07. The number of ether oxygens (including phenoxy) is 1. The Hall–Kier alpha value is -1.16. The third-order valence-corrected chi connectivity index (χ3v) is 2.51. The molecule has 4 heteroatoms. The maximum absolute atomic E-state index is 11.8. The monoisotopic (exact) mass is 194 g/mol. The van der Waals surface area contributed by atoms with Gasteiger partial charge in [-0.05, 0) is 19.8 Å². The highest BCUT2D eigenvalue weighted by atomic mass is 16.5. The fraction of sp³-hybridized carbons (Fsp3) is 0.600. The summed E-state index contributed by atoms with van der Waals surface area (Å²) in [7, 11) is 1.80. The van der Waals surface area contributed by atoms with Gasteiger partial charge in [0.05, 0.1) is 17.9 Å². The number of aromatic nitrogens is 2. The summed E-state index contributed by atoms with van der Waals surface area (Å²) in [6.07, 6.45) is 5.07. The highest BCUT2D eigenvalue weighted by molar-refractivity contribution is 5.99. The smallest absolute Gasteiger partial charge is 0.194 e. The van der Waals surface area contributed by atoms with Gasteiger partial charge in [-0.15, -0.1) is 0 Å². The summed E-state index contributed by atoms with van der Waals surface area (Å²) in [5.74, 6) is 0.0578. The van der Waals surface area contributed by atoms with Crippen molar-refractivity contribution in [3.8, 4) is 0 Å². The molecule has 2 rings (SSSR count). The van der Waals surface area contributed by atoms with Crippen molar-refractivity contribution in [1.29, 1.82) is 0 Å². The topological polar surface area (TPSA) is 44.1 Å². The number of nitrogens with zero attached hydrogens (tertiary/aromatic N) is 2. The van der Waals surface area contributed by atoms with Crippen LogP contribution in [0.5, 0.6) is 0 Å². The Morgan fingerprint density at radius 1 is 1.64 bits per heavy atom. The zero-order valence-electron chi connectivity index (χ0n) is 8.43. The van der Waals surface area contributed by atoms with Gasteiger partial charge in [0.25, 0.3) is 0 Å². The first-order valence-corrected chi connectivity index (χ1v) is 4.85. The molecule has 0 aromatic carbocycles. The van der Waals surface area contributed by atoms with Crippen molar-refractivity contribution in [3.63, 3.8) is 0 Å². The first-order valence-electron chi connectivity index (χ1n) is 4.85. The van der Waals surface area contributed by atoms with Crippen LogP contribution in [-0.2, 0) is 11.8 Å².